The third-order valence-corrected chi connectivity index (χ3v) is 2.70. The van der Waals surface area contributed by atoms with E-state index in [1.54, 1.807) is 7.11 Å². The van der Waals surface area contributed by atoms with Gasteiger partial charge in [0.1, 0.15) is 18.1 Å². The smallest absolute Gasteiger partial charge is 0.124 e. The van der Waals surface area contributed by atoms with Crippen LogP contribution in [-0.2, 0) is 11.3 Å². The maximum absolute atomic E-state index is 5.75. The maximum atomic E-state index is 5.75. The summed E-state index contributed by atoms with van der Waals surface area (Å²) in [5.74, 6) is 1.74. The fraction of sp³-hybridized carbons (Fsp3) is 0.600. The Morgan fingerprint density at radius 1 is 1.16 bits per heavy atom. The molecule has 1 rings (SSSR count). The van der Waals surface area contributed by atoms with Crippen molar-refractivity contribution in [2.45, 2.75) is 26.8 Å². The van der Waals surface area contributed by atoms with Crippen LogP contribution in [0.15, 0.2) is 18.2 Å². The largest absolute Gasteiger partial charge is 0.497 e. The van der Waals surface area contributed by atoms with Gasteiger partial charge in [-0.3, -0.25) is 0 Å². The minimum atomic E-state index is 0.570. The second-order valence-corrected chi connectivity index (χ2v) is 4.20. The van der Waals surface area contributed by atoms with Gasteiger partial charge in [0.05, 0.1) is 13.7 Å². The van der Waals surface area contributed by atoms with E-state index >= 15 is 0 Å². The Morgan fingerprint density at radius 2 is 2.00 bits per heavy atom. The molecule has 0 aromatic heterocycles. The van der Waals surface area contributed by atoms with E-state index in [1.807, 2.05) is 25.1 Å². The SMILES string of the molecule is CCCNCc1cc(OC)ccc1OCCOCC. The second kappa shape index (κ2) is 9.64. The number of methoxy groups -OCH3 is 1. The van der Waals surface area contributed by atoms with Crippen molar-refractivity contribution in [3.8, 4) is 11.5 Å². The average Bonchev–Trinajstić information content (AvgIpc) is 2.45. The molecule has 0 unspecified atom stereocenters. The van der Waals surface area contributed by atoms with E-state index in [4.69, 9.17) is 14.2 Å². The van der Waals surface area contributed by atoms with Crippen LogP contribution in [0.4, 0.5) is 0 Å². The molecule has 1 N–H and O–H groups in total. The molecule has 4 heteroatoms. The highest BCUT2D eigenvalue weighted by Gasteiger charge is 2.05. The van der Waals surface area contributed by atoms with Gasteiger partial charge < -0.3 is 19.5 Å². The summed E-state index contributed by atoms with van der Waals surface area (Å²) in [4.78, 5) is 0. The van der Waals surface area contributed by atoms with Gasteiger partial charge in [0.15, 0.2) is 0 Å². The molecule has 108 valence electrons. The molecule has 0 fully saturated rings. The predicted molar refractivity (Wildman–Crippen MR) is 77.0 cm³/mol. The Labute approximate surface area is 116 Å². The summed E-state index contributed by atoms with van der Waals surface area (Å²) in [6, 6.07) is 5.88. The number of benzene rings is 1. The lowest BCUT2D eigenvalue weighted by atomic mass is 10.2. The minimum Gasteiger partial charge on any atom is -0.497 e. The van der Waals surface area contributed by atoms with Crippen LogP contribution in [0.3, 0.4) is 0 Å². The van der Waals surface area contributed by atoms with Gasteiger partial charge >= 0.3 is 0 Å². The van der Waals surface area contributed by atoms with Crippen molar-refractivity contribution in [2.75, 3.05) is 33.5 Å². The first kappa shape index (κ1) is 15.8. The molecule has 0 heterocycles. The van der Waals surface area contributed by atoms with Crippen molar-refractivity contribution in [1.29, 1.82) is 0 Å². The summed E-state index contributed by atoms with van der Waals surface area (Å²) < 4.78 is 16.3. The Morgan fingerprint density at radius 3 is 2.68 bits per heavy atom. The van der Waals surface area contributed by atoms with Crippen molar-refractivity contribution >= 4 is 0 Å². The first-order valence-corrected chi connectivity index (χ1v) is 6.90. The Hall–Kier alpha value is -1.26. The van der Waals surface area contributed by atoms with Gasteiger partial charge in [-0.05, 0) is 38.1 Å². The lowest BCUT2D eigenvalue weighted by Crippen LogP contribution is -2.15. The second-order valence-electron chi connectivity index (χ2n) is 4.20. The monoisotopic (exact) mass is 267 g/mol. The van der Waals surface area contributed by atoms with E-state index < -0.39 is 0 Å². The third-order valence-electron chi connectivity index (χ3n) is 2.70. The molecule has 0 aliphatic carbocycles. The molecule has 0 aliphatic heterocycles. The van der Waals surface area contributed by atoms with E-state index in [-0.39, 0.29) is 0 Å². The number of ether oxygens (including phenoxy) is 3. The summed E-state index contributed by atoms with van der Waals surface area (Å²) >= 11 is 0. The Kier molecular flexibility index (Phi) is 8.02. The van der Waals surface area contributed by atoms with Crippen LogP contribution in [0, 0.1) is 0 Å². The zero-order valence-corrected chi connectivity index (χ0v) is 12.2. The predicted octanol–water partition coefficient (Wildman–Crippen LogP) is 2.61. The first-order valence-electron chi connectivity index (χ1n) is 6.90. The van der Waals surface area contributed by atoms with Crippen LogP contribution >= 0.6 is 0 Å². The van der Waals surface area contributed by atoms with Gasteiger partial charge in [-0.2, -0.15) is 0 Å². The van der Waals surface area contributed by atoms with Crippen molar-refractivity contribution in [1.82, 2.24) is 5.32 Å². The molecule has 0 saturated heterocycles. The average molecular weight is 267 g/mol. The van der Waals surface area contributed by atoms with Crippen LogP contribution < -0.4 is 14.8 Å². The first-order chi connectivity index (χ1) is 9.31. The number of hydrogen-bond donors (Lipinski definition) is 1. The van der Waals surface area contributed by atoms with E-state index in [0.717, 1.165) is 43.2 Å². The molecule has 1 aromatic rings. The molecule has 0 radical (unpaired) electrons. The zero-order chi connectivity index (χ0) is 13.9. The van der Waals surface area contributed by atoms with Gasteiger partial charge in [0.25, 0.3) is 0 Å². The van der Waals surface area contributed by atoms with Crippen molar-refractivity contribution in [2.24, 2.45) is 0 Å². The quantitative estimate of drug-likeness (QED) is 0.661. The highest BCUT2D eigenvalue weighted by molar-refractivity contribution is 5.40. The van der Waals surface area contributed by atoms with Gasteiger partial charge in [0.2, 0.25) is 0 Å². The normalized spacial score (nSPS) is 10.5. The minimum absolute atomic E-state index is 0.570. The summed E-state index contributed by atoms with van der Waals surface area (Å²) in [6.45, 7) is 7.82. The van der Waals surface area contributed by atoms with Crippen LogP contribution in [0.1, 0.15) is 25.8 Å². The van der Waals surface area contributed by atoms with E-state index in [9.17, 15) is 0 Å². The summed E-state index contributed by atoms with van der Waals surface area (Å²) in [5, 5.41) is 3.38. The number of hydrogen-bond acceptors (Lipinski definition) is 4. The molecule has 0 atom stereocenters. The van der Waals surface area contributed by atoms with Crippen molar-refractivity contribution in [3.63, 3.8) is 0 Å². The summed E-state index contributed by atoms with van der Waals surface area (Å²) in [7, 11) is 1.67. The highest BCUT2D eigenvalue weighted by atomic mass is 16.5. The fourth-order valence-electron chi connectivity index (χ4n) is 1.72. The van der Waals surface area contributed by atoms with E-state index in [1.165, 1.54) is 0 Å². The third kappa shape index (κ3) is 5.94. The summed E-state index contributed by atoms with van der Waals surface area (Å²) in [6.07, 6.45) is 1.12. The molecule has 4 nitrogen and oxygen atoms in total. The zero-order valence-electron chi connectivity index (χ0n) is 12.2. The molecular weight excluding hydrogens is 242 g/mol. The van der Waals surface area contributed by atoms with Gasteiger partial charge in [-0.1, -0.05) is 6.92 Å². The lowest BCUT2D eigenvalue weighted by Gasteiger charge is -2.13. The maximum Gasteiger partial charge on any atom is 0.124 e. The molecule has 0 aliphatic rings. The van der Waals surface area contributed by atoms with E-state index in [0.29, 0.717) is 13.2 Å². The Balaban J connectivity index is 2.60. The van der Waals surface area contributed by atoms with E-state index in [2.05, 4.69) is 12.2 Å². The highest BCUT2D eigenvalue weighted by Crippen LogP contribution is 2.24. The van der Waals surface area contributed by atoms with Gasteiger partial charge in [0, 0.05) is 18.7 Å². The fourth-order valence-corrected chi connectivity index (χ4v) is 1.72. The van der Waals surface area contributed by atoms with Crippen molar-refractivity contribution in [3.05, 3.63) is 23.8 Å². The molecule has 19 heavy (non-hydrogen) atoms. The van der Waals surface area contributed by atoms with Crippen LogP contribution in [0.25, 0.3) is 0 Å². The molecule has 1 aromatic carbocycles. The number of rotatable bonds is 10. The lowest BCUT2D eigenvalue weighted by molar-refractivity contribution is 0.110. The summed E-state index contributed by atoms with van der Waals surface area (Å²) in [5.41, 5.74) is 1.12. The van der Waals surface area contributed by atoms with Crippen LogP contribution in [-0.4, -0.2) is 33.5 Å². The standard InChI is InChI=1S/C15H25NO3/c1-4-8-16-12-13-11-14(17-3)6-7-15(13)19-10-9-18-5-2/h6-7,11,16H,4-5,8-10,12H2,1-3H3. The number of nitrogens with one attached hydrogen (secondary N) is 1. The molecule has 0 amide bonds. The Bertz CT molecular complexity index is 355. The van der Waals surface area contributed by atoms with Crippen LogP contribution in [0.2, 0.25) is 0 Å². The van der Waals surface area contributed by atoms with Gasteiger partial charge in [-0.25, -0.2) is 0 Å². The van der Waals surface area contributed by atoms with Crippen molar-refractivity contribution < 1.29 is 14.2 Å². The topological polar surface area (TPSA) is 39.7 Å². The van der Waals surface area contributed by atoms with Crippen LogP contribution in [0.5, 0.6) is 11.5 Å². The molecule has 0 spiro atoms. The molecule has 0 bridgehead atoms. The van der Waals surface area contributed by atoms with Gasteiger partial charge in [-0.15, -0.1) is 0 Å². The molecule has 0 saturated carbocycles. The molecular formula is C15H25NO3.